The largest absolute Gasteiger partial charge is 0.504 e. The number of urea groups is 1. The van der Waals surface area contributed by atoms with Gasteiger partial charge in [0.05, 0.1) is 19.9 Å². The van der Waals surface area contributed by atoms with Gasteiger partial charge in [0.25, 0.3) is 0 Å². The van der Waals surface area contributed by atoms with Crippen molar-refractivity contribution in [3.8, 4) is 17.2 Å². The van der Waals surface area contributed by atoms with E-state index < -0.39 is 6.03 Å². The lowest BCUT2D eigenvalue weighted by molar-refractivity contribution is 0.262. The summed E-state index contributed by atoms with van der Waals surface area (Å²) < 4.78 is 10.1. The van der Waals surface area contributed by atoms with E-state index in [-0.39, 0.29) is 11.5 Å². The van der Waals surface area contributed by atoms with Gasteiger partial charge in [0.2, 0.25) is 0 Å². The minimum atomic E-state index is -0.441. The van der Waals surface area contributed by atoms with Gasteiger partial charge in [-0.1, -0.05) is 18.2 Å². The fraction of sp³-hybridized carbons (Fsp3) is 0.133. The highest BCUT2D eigenvalue weighted by Gasteiger charge is 2.12. The second-order valence-corrected chi connectivity index (χ2v) is 4.17. The lowest BCUT2D eigenvalue weighted by atomic mass is 10.2. The topological polar surface area (TPSA) is 79.8 Å². The molecule has 6 heteroatoms. The van der Waals surface area contributed by atoms with Gasteiger partial charge in [-0.2, -0.15) is 0 Å². The Morgan fingerprint density at radius 3 is 2.29 bits per heavy atom. The molecule has 0 fully saturated rings. The molecule has 0 saturated heterocycles. The van der Waals surface area contributed by atoms with E-state index in [1.165, 1.54) is 26.4 Å². The summed E-state index contributed by atoms with van der Waals surface area (Å²) in [5.41, 5.74) is 0.996. The maximum Gasteiger partial charge on any atom is 0.323 e. The number of carbonyl (C=O) groups is 1. The summed E-state index contributed by atoms with van der Waals surface area (Å²) in [5.74, 6) is 0.557. The van der Waals surface area contributed by atoms with Crippen LogP contribution in [0.4, 0.5) is 16.2 Å². The lowest BCUT2D eigenvalue weighted by Gasteiger charge is -2.13. The molecule has 0 heterocycles. The Kier molecular flexibility index (Phi) is 4.50. The number of methoxy groups -OCH3 is 2. The average molecular weight is 288 g/mol. The van der Waals surface area contributed by atoms with Gasteiger partial charge in [-0.3, -0.25) is 0 Å². The SMILES string of the molecule is COc1cc(OC)c(NC(=O)Nc2ccccc2)cc1O. The van der Waals surface area contributed by atoms with Gasteiger partial charge in [-0.15, -0.1) is 0 Å². The monoisotopic (exact) mass is 288 g/mol. The number of ether oxygens (including phenoxy) is 2. The molecule has 0 unspecified atom stereocenters. The van der Waals surface area contributed by atoms with E-state index in [1.807, 2.05) is 18.2 Å². The van der Waals surface area contributed by atoms with Crippen LogP contribution in [0.1, 0.15) is 0 Å². The number of anilines is 2. The Morgan fingerprint density at radius 1 is 1.00 bits per heavy atom. The number of carbonyl (C=O) groups excluding carboxylic acids is 1. The summed E-state index contributed by atoms with van der Waals surface area (Å²) in [7, 11) is 2.90. The molecule has 21 heavy (non-hydrogen) atoms. The molecule has 2 aromatic carbocycles. The molecular formula is C15H16N2O4. The van der Waals surface area contributed by atoms with E-state index in [0.717, 1.165) is 0 Å². The minimum absolute atomic E-state index is 0.0895. The normalized spacial score (nSPS) is 9.81. The van der Waals surface area contributed by atoms with Gasteiger partial charge in [-0.25, -0.2) is 4.79 Å². The van der Waals surface area contributed by atoms with Gasteiger partial charge in [-0.05, 0) is 12.1 Å². The average Bonchev–Trinajstić information content (AvgIpc) is 2.48. The van der Waals surface area contributed by atoms with Crippen LogP contribution in [-0.4, -0.2) is 25.4 Å². The van der Waals surface area contributed by atoms with E-state index in [2.05, 4.69) is 10.6 Å². The highest BCUT2D eigenvalue weighted by atomic mass is 16.5. The van der Waals surface area contributed by atoms with Crippen molar-refractivity contribution < 1.29 is 19.4 Å². The molecule has 0 aliphatic carbocycles. The van der Waals surface area contributed by atoms with Gasteiger partial charge in [0.1, 0.15) is 5.75 Å². The quantitative estimate of drug-likeness (QED) is 0.807. The van der Waals surface area contributed by atoms with Crippen LogP contribution < -0.4 is 20.1 Å². The highest BCUT2D eigenvalue weighted by molar-refractivity contribution is 6.00. The summed E-state index contributed by atoms with van der Waals surface area (Å²) in [6.07, 6.45) is 0. The van der Waals surface area contributed by atoms with Gasteiger partial charge >= 0.3 is 6.03 Å². The number of phenols is 1. The number of rotatable bonds is 4. The molecule has 2 rings (SSSR count). The van der Waals surface area contributed by atoms with Crippen LogP contribution in [0, 0.1) is 0 Å². The first-order chi connectivity index (χ1) is 10.1. The third-order valence-corrected chi connectivity index (χ3v) is 2.78. The maximum atomic E-state index is 11.9. The third kappa shape index (κ3) is 3.56. The Balaban J connectivity index is 2.15. The van der Waals surface area contributed by atoms with Crippen molar-refractivity contribution in [3.05, 3.63) is 42.5 Å². The molecule has 0 aliphatic rings. The molecule has 0 aromatic heterocycles. The number of aromatic hydroxyl groups is 1. The predicted molar refractivity (Wildman–Crippen MR) is 80.3 cm³/mol. The molecule has 0 saturated carbocycles. The van der Waals surface area contributed by atoms with Crippen molar-refractivity contribution in [2.45, 2.75) is 0 Å². The molecule has 0 bridgehead atoms. The smallest absolute Gasteiger partial charge is 0.323 e. The number of hydrogen-bond donors (Lipinski definition) is 3. The Labute approximate surface area is 122 Å². The van der Waals surface area contributed by atoms with E-state index in [1.54, 1.807) is 12.1 Å². The predicted octanol–water partition coefficient (Wildman–Crippen LogP) is 3.05. The number of hydrogen-bond acceptors (Lipinski definition) is 4. The van der Waals surface area contributed by atoms with Crippen LogP contribution in [0.3, 0.4) is 0 Å². The van der Waals surface area contributed by atoms with E-state index >= 15 is 0 Å². The van der Waals surface area contributed by atoms with Crippen molar-refractivity contribution >= 4 is 17.4 Å². The fourth-order valence-corrected chi connectivity index (χ4v) is 1.79. The molecule has 2 amide bonds. The lowest BCUT2D eigenvalue weighted by Crippen LogP contribution is -2.19. The molecule has 0 spiro atoms. The summed E-state index contributed by atoms with van der Waals surface area (Å²) in [4.78, 5) is 11.9. The van der Waals surface area contributed by atoms with E-state index in [0.29, 0.717) is 17.1 Å². The van der Waals surface area contributed by atoms with Crippen LogP contribution in [0.5, 0.6) is 17.2 Å². The Hall–Kier alpha value is -2.89. The molecule has 3 N–H and O–H groups in total. The van der Waals surface area contributed by atoms with Crippen LogP contribution in [0.2, 0.25) is 0 Å². The molecule has 0 aliphatic heterocycles. The molecule has 6 nitrogen and oxygen atoms in total. The van der Waals surface area contributed by atoms with Crippen molar-refractivity contribution in [1.29, 1.82) is 0 Å². The molecular weight excluding hydrogens is 272 g/mol. The standard InChI is InChI=1S/C15H16N2O4/c1-20-13-9-14(21-2)12(18)8-11(13)17-15(19)16-10-6-4-3-5-7-10/h3-9,18H,1-2H3,(H2,16,17,19). The van der Waals surface area contributed by atoms with Crippen LogP contribution >= 0.6 is 0 Å². The van der Waals surface area contributed by atoms with Crippen molar-refractivity contribution in [1.82, 2.24) is 0 Å². The van der Waals surface area contributed by atoms with Gasteiger partial charge in [0, 0.05) is 17.8 Å². The minimum Gasteiger partial charge on any atom is -0.504 e. The molecule has 110 valence electrons. The number of benzene rings is 2. The Bertz CT molecular complexity index is 629. The first-order valence-electron chi connectivity index (χ1n) is 6.22. The zero-order chi connectivity index (χ0) is 15.2. The number of phenolic OH excluding ortho intramolecular Hbond substituents is 1. The van der Waals surface area contributed by atoms with Crippen molar-refractivity contribution in [2.24, 2.45) is 0 Å². The van der Waals surface area contributed by atoms with E-state index in [4.69, 9.17) is 9.47 Å². The molecule has 0 atom stereocenters. The first-order valence-corrected chi connectivity index (χ1v) is 6.22. The Morgan fingerprint density at radius 2 is 1.67 bits per heavy atom. The highest BCUT2D eigenvalue weighted by Crippen LogP contribution is 2.37. The zero-order valence-corrected chi connectivity index (χ0v) is 11.7. The van der Waals surface area contributed by atoms with Crippen LogP contribution in [0.15, 0.2) is 42.5 Å². The maximum absolute atomic E-state index is 11.9. The fourth-order valence-electron chi connectivity index (χ4n) is 1.79. The van der Waals surface area contributed by atoms with Crippen LogP contribution in [-0.2, 0) is 0 Å². The second-order valence-electron chi connectivity index (χ2n) is 4.17. The van der Waals surface area contributed by atoms with Crippen LogP contribution in [0.25, 0.3) is 0 Å². The zero-order valence-electron chi connectivity index (χ0n) is 11.7. The van der Waals surface area contributed by atoms with Gasteiger partial charge in [0.15, 0.2) is 11.5 Å². The number of nitrogens with one attached hydrogen (secondary N) is 2. The summed E-state index contributed by atoms with van der Waals surface area (Å²) in [6.45, 7) is 0. The molecule has 2 aromatic rings. The van der Waals surface area contributed by atoms with E-state index in [9.17, 15) is 9.90 Å². The first kappa shape index (κ1) is 14.5. The van der Waals surface area contributed by atoms with Crippen molar-refractivity contribution in [3.63, 3.8) is 0 Å². The second kappa shape index (κ2) is 6.51. The number of amides is 2. The summed E-state index contributed by atoms with van der Waals surface area (Å²) in [6, 6.07) is 11.4. The summed E-state index contributed by atoms with van der Waals surface area (Å²) in [5, 5.41) is 15.0. The summed E-state index contributed by atoms with van der Waals surface area (Å²) >= 11 is 0. The van der Waals surface area contributed by atoms with Crippen molar-refractivity contribution in [2.75, 3.05) is 24.9 Å². The number of para-hydroxylation sites is 1. The third-order valence-electron chi connectivity index (χ3n) is 2.78. The molecule has 0 radical (unpaired) electrons. The van der Waals surface area contributed by atoms with Gasteiger partial charge < -0.3 is 25.2 Å².